The first-order valence-corrected chi connectivity index (χ1v) is 3.88. The van der Waals surface area contributed by atoms with Crippen molar-refractivity contribution in [3.8, 4) is 0 Å². The molecule has 1 aromatic heterocycles. The van der Waals surface area contributed by atoms with Crippen LogP contribution in [-0.4, -0.2) is 11.4 Å². The lowest BCUT2D eigenvalue weighted by Gasteiger charge is -2.09. The smallest absolute Gasteiger partial charge is 0.245 e. The largest absolute Gasteiger partial charge is 0.245 e. The van der Waals surface area contributed by atoms with Crippen LogP contribution in [0.4, 0.5) is 8.78 Å². The van der Waals surface area contributed by atoms with Crippen molar-refractivity contribution in [1.82, 2.24) is 4.98 Å². The maximum Gasteiger partial charge on any atom is 0.245 e. The summed E-state index contributed by atoms with van der Waals surface area (Å²) in [5, 5.41) is 0.250. The van der Waals surface area contributed by atoms with Crippen LogP contribution in [0, 0.1) is 0 Å². The Bertz CT molecular complexity index is 265. The summed E-state index contributed by atoms with van der Waals surface area (Å²) in [5.41, 5.74) is 0.519. The van der Waals surface area contributed by atoms with Crippen LogP contribution in [0.25, 0.3) is 0 Å². The summed E-state index contributed by atoms with van der Waals surface area (Å²) in [5.74, 6) is -0.787. The van der Waals surface area contributed by atoms with Gasteiger partial charge in [0, 0.05) is 12.1 Å². The third-order valence-electron chi connectivity index (χ3n) is 1.65. The maximum absolute atomic E-state index is 12.2. The standard InChI is InChI=1S/C8H8ClF2N/c1-5(8(10)11)6-2-3-12-7(9)4-6/h2-5,8H,1H3. The van der Waals surface area contributed by atoms with Gasteiger partial charge < -0.3 is 0 Å². The Morgan fingerprint density at radius 3 is 2.67 bits per heavy atom. The lowest BCUT2D eigenvalue weighted by molar-refractivity contribution is 0.121. The van der Waals surface area contributed by atoms with E-state index in [9.17, 15) is 8.78 Å². The van der Waals surface area contributed by atoms with E-state index in [1.165, 1.54) is 19.2 Å². The highest BCUT2D eigenvalue weighted by Crippen LogP contribution is 2.23. The Morgan fingerprint density at radius 1 is 1.50 bits per heavy atom. The molecule has 1 aromatic rings. The molecular formula is C8H8ClF2N. The molecule has 0 aliphatic carbocycles. The van der Waals surface area contributed by atoms with Crippen LogP contribution < -0.4 is 0 Å². The van der Waals surface area contributed by atoms with Crippen molar-refractivity contribution in [2.75, 3.05) is 0 Å². The molecule has 0 saturated heterocycles. The van der Waals surface area contributed by atoms with Crippen molar-refractivity contribution in [3.63, 3.8) is 0 Å². The molecule has 0 saturated carbocycles. The monoisotopic (exact) mass is 191 g/mol. The first-order valence-electron chi connectivity index (χ1n) is 3.51. The predicted octanol–water partition coefficient (Wildman–Crippen LogP) is 3.10. The van der Waals surface area contributed by atoms with Crippen molar-refractivity contribution in [2.45, 2.75) is 19.3 Å². The van der Waals surface area contributed by atoms with Gasteiger partial charge >= 0.3 is 0 Å². The molecule has 0 spiro atoms. The molecular weight excluding hydrogens is 184 g/mol. The molecule has 0 radical (unpaired) electrons. The fourth-order valence-electron chi connectivity index (χ4n) is 0.846. The number of rotatable bonds is 2. The Hall–Kier alpha value is -0.700. The molecule has 1 atom stereocenters. The molecule has 1 rings (SSSR count). The molecule has 0 aromatic carbocycles. The normalized spacial score (nSPS) is 13.4. The van der Waals surface area contributed by atoms with E-state index < -0.39 is 12.3 Å². The molecule has 0 amide bonds. The molecule has 0 fully saturated rings. The van der Waals surface area contributed by atoms with E-state index in [4.69, 9.17) is 11.6 Å². The zero-order valence-corrected chi connectivity index (χ0v) is 7.22. The number of nitrogens with zero attached hydrogens (tertiary/aromatic N) is 1. The second-order valence-electron chi connectivity index (χ2n) is 2.54. The van der Waals surface area contributed by atoms with Crippen LogP contribution in [-0.2, 0) is 0 Å². The summed E-state index contributed by atoms with van der Waals surface area (Å²) < 4.78 is 24.4. The Balaban J connectivity index is 2.88. The number of alkyl halides is 2. The van der Waals surface area contributed by atoms with E-state index in [-0.39, 0.29) is 5.15 Å². The molecule has 0 bridgehead atoms. The van der Waals surface area contributed by atoms with Crippen molar-refractivity contribution in [1.29, 1.82) is 0 Å². The quantitative estimate of drug-likeness (QED) is 0.655. The van der Waals surface area contributed by atoms with Gasteiger partial charge in [0.2, 0.25) is 6.43 Å². The Morgan fingerprint density at radius 2 is 2.17 bits per heavy atom. The van der Waals surface area contributed by atoms with Crippen molar-refractivity contribution in [3.05, 3.63) is 29.0 Å². The Labute approximate surface area is 74.4 Å². The van der Waals surface area contributed by atoms with E-state index in [0.717, 1.165) is 0 Å². The molecule has 1 nitrogen and oxygen atoms in total. The third-order valence-corrected chi connectivity index (χ3v) is 1.86. The van der Waals surface area contributed by atoms with Crippen molar-refractivity contribution < 1.29 is 8.78 Å². The van der Waals surface area contributed by atoms with Crippen LogP contribution >= 0.6 is 11.6 Å². The van der Waals surface area contributed by atoms with Crippen LogP contribution in [0.3, 0.4) is 0 Å². The zero-order valence-electron chi connectivity index (χ0n) is 6.47. The summed E-state index contributed by atoms with van der Waals surface area (Å²) in [6, 6.07) is 3.00. The van der Waals surface area contributed by atoms with Gasteiger partial charge in [0.15, 0.2) is 0 Å². The zero-order chi connectivity index (χ0) is 9.14. The SMILES string of the molecule is CC(c1ccnc(Cl)c1)C(F)F. The minimum absolute atomic E-state index is 0.250. The molecule has 66 valence electrons. The topological polar surface area (TPSA) is 12.9 Å². The molecule has 1 unspecified atom stereocenters. The van der Waals surface area contributed by atoms with Gasteiger partial charge in [-0.1, -0.05) is 18.5 Å². The van der Waals surface area contributed by atoms with Crippen LogP contribution in [0.15, 0.2) is 18.3 Å². The number of hydrogen-bond donors (Lipinski definition) is 0. The highest BCUT2D eigenvalue weighted by Gasteiger charge is 2.16. The summed E-state index contributed by atoms with van der Waals surface area (Å²) in [6.07, 6.45) is -0.931. The second kappa shape index (κ2) is 3.81. The molecule has 0 N–H and O–H groups in total. The predicted molar refractivity (Wildman–Crippen MR) is 43.7 cm³/mol. The highest BCUT2D eigenvalue weighted by molar-refractivity contribution is 6.29. The molecule has 4 heteroatoms. The lowest BCUT2D eigenvalue weighted by atomic mass is 10.0. The van der Waals surface area contributed by atoms with E-state index in [1.807, 2.05) is 0 Å². The number of pyridine rings is 1. The number of halogens is 3. The van der Waals surface area contributed by atoms with Gasteiger partial charge in [0.1, 0.15) is 5.15 Å². The second-order valence-corrected chi connectivity index (χ2v) is 2.92. The Kier molecular flexibility index (Phi) is 2.98. The van der Waals surface area contributed by atoms with Gasteiger partial charge in [0.25, 0.3) is 0 Å². The van der Waals surface area contributed by atoms with Crippen molar-refractivity contribution >= 4 is 11.6 Å². The maximum atomic E-state index is 12.2. The average Bonchev–Trinajstić information content (AvgIpc) is 2.03. The number of aromatic nitrogens is 1. The van der Waals surface area contributed by atoms with E-state index >= 15 is 0 Å². The summed E-state index contributed by atoms with van der Waals surface area (Å²) in [6.45, 7) is 1.45. The first kappa shape index (κ1) is 9.39. The fourth-order valence-corrected chi connectivity index (χ4v) is 1.03. The number of hydrogen-bond acceptors (Lipinski definition) is 1. The summed E-state index contributed by atoms with van der Waals surface area (Å²) in [7, 11) is 0. The molecule has 0 aliphatic heterocycles. The minimum Gasteiger partial charge on any atom is -0.245 e. The van der Waals surface area contributed by atoms with Gasteiger partial charge in [0.05, 0.1) is 0 Å². The van der Waals surface area contributed by atoms with E-state index in [1.54, 1.807) is 6.07 Å². The minimum atomic E-state index is -2.36. The van der Waals surface area contributed by atoms with Crippen LogP contribution in [0.5, 0.6) is 0 Å². The lowest BCUT2D eigenvalue weighted by Crippen LogP contribution is -2.04. The first-order chi connectivity index (χ1) is 5.61. The van der Waals surface area contributed by atoms with Crippen LogP contribution in [0.2, 0.25) is 5.15 Å². The fraction of sp³-hybridized carbons (Fsp3) is 0.375. The van der Waals surface area contributed by atoms with Gasteiger partial charge in [-0.3, -0.25) is 0 Å². The van der Waals surface area contributed by atoms with Crippen LogP contribution in [0.1, 0.15) is 18.4 Å². The van der Waals surface area contributed by atoms with Gasteiger partial charge in [-0.25, -0.2) is 13.8 Å². The molecule has 12 heavy (non-hydrogen) atoms. The average molecular weight is 192 g/mol. The van der Waals surface area contributed by atoms with E-state index in [2.05, 4.69) is 4.98 Å². The van der Waals surface area contributed by atoms with Gasteiger partial charge in [-0.05, 0) is 17.7 Å². The summed E-state index contributed by atoms with van der Waals surface area (Å²) in [4.78, 5) is 3.70. The van der Waals surface area contributed by atoms with E-state index in [0.29, 0.717) is 5.56 Å². The molecule has 1 heterocycles. The third kappa shape index (κ3) is 2.14. The highest BCUT2D eigenvalue weighted by atomic mass is 35.5. The van der Waals surface area contributed by atoms with Gasteiger partial charge in [-0.15, -0.1) is 0 Å². The molecule has 0 aliphatic rings. The van der Waals surface area contributed by atoms with Crippen molar-refractivity contribution in [2.24, 2.45) is 0 Å². The summed E-state index contributed by atoms with van der Waals surface area (Å²) >= 11 is 5.54. The van der Waals surface area contributed by atoms with Gasteiger partial charge in [-0.2, -0.15) is 0 Å².